The number of aromatic nitrogens is 2. The molecular formula is C20H13ClF3N3O3S2. The van der Waals surface area contributed by atoms with E-state index in [1.165, 1.54) is 23.7 Å². The van der Waals surface area contributed by atoms with Crippen LogP contribution in [0.5, 0.6) is 5.75 Å². The summed E-state index contributed by atoms with van der Waals surface area (Å²) in [4.78, 5) is 7.94. The Balaban J connectivity index is 1.93. The minimum Gasteiger partial charge on any atom is -0.495 e. The molecule has 0 spiro atoms. The average molecular weight is 500 g/mol. The van der Waals surface area contributed by atoms with Gasteiger partial charge in [-0.3, -0.25) is 4.98 Å². The number of thiazole rings is 1. The van der Waals surface area contributed by atoms with Gasteiger partial charge in [0.15, 0.2) is 0 Å². The number of anilines is 2. The van der Waals surface area contributed by atoms with Crippen molar-refractivity contribution < 1.29 is 26.3 Å². The molecular weight excluding hydrogens is 487 g/mol. The molecule has 0 radical (unpaired) electrons. The van der Waals surface area contributed by atoms with Gasteiger partial charge < -0.3 is 4.74 Å². The van der Waals surface area contributed by atoms with Gasteiger partial charge in [0.25, 0.3) is 10.0 Å². The van der Waals surface area contributed by atoms with Crippen LogP contribution in [0.1, 0.15) is 5.56 Å². The van der Waals surface area contributed by atoms with Gasteiger partial charge in [-0.25, -0.2) is 17.7 Å². The van der Waals surface area contributed by atoms with E-state index in [9.17, 15) is 21.6 Å². The average Bonchev–Trinajstić information content (AvgIpc) is 3.18. The van der Waals surface area contributed by atoms with Crippen LogP contribution in [0.15, 0.2) is 65.1 Å². The fourth-order valence-electron chi connectivity index (χ4n) is 3.02. The Morgan fingerprint density at radius 1 is 1.09 bits per heavy atom. The number of hydrogen-bond donors (Lipinski definition) is 0. The van der Waals surface area contributed by atoms with Gasteiger partial charge in [-0.05, 0) is 41.8 Å². The highest BCUT2D eigenvalue weighted by molar-refractivity contribution is 7.93. The van der Waals surface area contributed by atoms with Crippen LogP contribution in [0.4, 0.5) is 24.0 Å². The summed E-state index contributed by atoms with van der Waals surface area (Å²) in [7, 11) is -3.17. The standard InChI is InChI=1S/C20H13ClF3N3O3S2/c1-30-17-9-14(20(22,23)24)3-5-16(17)27(19-26-18(21)11-31-19)32(28,29)15-4-2-13-10-25-7-6-12(13)8-15/h2-11H,1H3. The Labute approximate surface area is 189 Å². The minimum atomic E-state index is -4.63. The summed E-state index contributed by atoms with van der Waals surface area (Å²) in [6.07, 6.45) is -1.52. The lowest BCUT2D eigenvalue weighted by molar-refractivity contribution is -0.137. The number of benzene rings is 2. The van der Waals surface area contributed by atoms with Crippen LogP contribution < -0.4 is 9.04 Å². The maximum atomic E-state index is 13.7. The number of ether oxygens (including phenoxy) is 1. The van der Waals surface area contributed by atoms with Crippen molar-refractivity contribution in [3.05, 3.63) is 71.0 Å². The smallest absolute Gasteiger partial charge is 0.416 e. The minimum absolute atomic E-state index is 0.0423. The Kier molecular flexibility index (Phi) is 5.74. The maximum absolute atomic E-state index is 13.7. The molecule has 166 valence electrons. The first-order chi connectivity index (χ1) is 15.1. The number of sulfonamides is 1. The van der Waals surface area contributed by atoms with Gasteiger partial charge in [-0.15, -0.1) is 11.3 Å². The molecule has 0 aliphatic heterocycles. The van der Waals surface area contributed by atoms with Crippen molar-refractivity contribution in [3.63, 3.8) is 0 Å². The highest BCUT2D eigenvalue weighted by Crippen LogP contribution is 2.43. The van der Waals surface area contributed by atoms with E-state index in [4.69, 9.17) is 16.3 Å². The number of rotatable bonds is 5. The largest absolute Gasteiger partial charge is 0.495 e. The van der Waals surface area contributed by atoms with Gasteiger partial charge in [-0.2, -0.15) is 13.2 Å². The van der Waals surface area contributed by atoms with E-state index in [1.807, 2.05) is 0 Å². The van der Waals surface area contributed by atoms with Crippen LogP contribution in [0.3, 0.4) is 0 Å². The lowest BCUT2D eigenvalue weighted by Gasteiger charge is -2.24. The summed E-state index contributed by atoms with van der Waals surface area (Å²) in [5.74, 6) is -0.292. The molecule has 6 nitrogen and oxygen atoms in total. The van der Waals surface area contributed by atoms with Crippen LogP contribution in [0, 0.1) is 0 Å². The third kappa shape index (κ3) is 4.10. The van der Waals surface area contributed by atoms with Crippen molar-refractivity contribution in [2.75, 3.05) is 11.4 Å². The first-order valence-corrected chi connectivity index (χ1v) is 11.6. The number of fused-ring (bicyclic) bond motifs is 1. The van der Waals surface area contributed by atoms with Crippen LogP contribution in [0.2, 0.25) is 5.15 Å². The molecule has 0 aliphatic rings. The highest BCUT2D eigenvalue weighted by Gasteiger charge is 2.35. The van der Waals surface area contributed by atoms with E-state index in [-0.39, 0.29) is 26.6 Å². The molecule has 2 aromatic heterocycles. The molecule has 0 bridgehead atoms. The van der Waals surface area contributed by atoms with Crippen LogP contribution >= 0.6 is 22.9 Å². The van der Waals surface area contributed by atoms with Gasteiger partial charge in [0, 0.05) is 23.2 Å². The zero-order valence-electron chi connectivity index (χ0n) is 16.2. The summed E-state index contributed by atoms with van der Waals surface area (Å²) in [5, 5.41) is 2.76. The van der Waals surface area contributed by atoms with Crippen LogP contribution in [0.25, 0.3) is 10.8 Å². The molecule has 0 aliphatic carbocycles. The van der Waals surface area contributed by atoms with Crippen molar-refractivity contribution in [2.24, 2.45) is 0 Å². The molecule has 2 heterocycles. The summed E-state index contributed by atoms with van der Waals surface area (Å²) in [6.45, 7) is 0. The molecule has 0 amide bonds. The van der Waals surface area contributed by atoms with Crippen molar-refractivity contribution in [1.82, 2.24) is 9.97 Å². The second kappa shape index (κ2) is 8.23. The third-order valence-electron chi connectivity index (χ3n) is 4.51. The SMILES string of the molecule is COc1cc(C(F)(F)F)ccc1N(c1nc(Cl)cs1)S(=O)(=O)c1ccc2cnccc2c1. The van der Waals surface area contributed by atoms with Gasteiger partial charge >= 0.3 is 6.18 Å². The van der Waals surface area contributed by atoms with E-state index in [0.717, 1.165) is 46.3 Å². The number of methoxy groups -OCH3 is 1. The highest BCUT2D eigenvalue weighted by atomic mass is 35.5. The van der Waals surface area contributed by atoms with E-state index >= 15 is 0 Å². The Morgan fingerprint density at radius 2 is 1.88 bits per heavy atom. The number of hydrogen-bond acceptors (Lipinski definition) is 6. The Hall–Kier alpha value is -2.89. The quantitative estimate of drug-likeness (QED) is 0.342. The van der Waals surface area contributed by atoms with E-state index in [2.05, 4.69) is 9.97 Å². The van der Waals surface area contributed by atoms with Crippen molar-refractivity contribution in [1.29, 1.82) is 0 Å². The Bertz CT molecular complexity index is 1410. The number of nitrogens with zero attached hydrogens (tertiary/aromatic N) is 3. The lowest BCUT2D eigenvalue weighted by Crippen LogP contribution is -2.27. The molecule has 0 unspecified atom stereocenters. The lowest BCUT2D eigenvalue weighted by atomic mass is 10.2. The predicted molar refractivity (Wildman–Crippen MR) is 116 cm³/mol. The fourth-order valence-corrected chi connectivity index (χ4v) is 5.69. The molecule has 0 saturated carbocycles. The predicted octanol–water partition coefficient (Wildman–Crippen LogP) is 5.90. The van der Waals surface area contributed by atoms with E-state index in [1.54, 1.807) is 18.3 Å². The van der Waals surface area contributed by atoms with Gasteiger partial charge in [0.2, 0.25) is 5.13 Å². The van der Waals surface area contributed by atoms with Gasteiger partial charge in [0.05, 0.1) is 17.6 Å². The summed E-state index contributed by atoms with van der Waals surface area (Å²) >= 11 is 6.84. The summed E-state index contributed by atoms with van der Waals surface area (Å²) in [6, 6.07) is 8.62. The molecule has 0 saturated heterocycles. The van der Waals surface area contributed by atoms with Crippen molar-refractivity contribution in [2.45, 2.75) is 11.1 Å². The molecule has 32 heavy (non-hydrogen) atoms. The van der Waals surface area contributed by atoms with Crippen LogP contribution in [-0.2, 0) is 16.2 Å². The molecule has 0 atom stereocenters. The van der Waals surface area contributed by atoms with Crippen LogP contribution in [-0.4, -0.2) is 25.5 Å². The van der Waals surface area contributed by atoms with Crippen molar-refractivity contribution in [3.8, 4) is 5.75 Å². The molecule has 12 heteroatoms. The topological polar surface area (TPSA) is 72.4 Å². The maximum Gasteiger partial charge on any atom is 0.416 e. The number of pyridine rings is 1. The summed E-state index contributed by atoms with van der Waals surface area (Å²) < 4.78 is 72.9. The second-order valence-corrected chi connectivity index (χ2v) is 9.50. The second-order valence-electron chi connectivity index (χ2n) is 6.49. The van der Waals surface area contributed by atoms with E-state index < -0.39 is 21.8 Å². The zero-order valence-corrected chi connectivity index (χ0v) is 18.6. The first kappa shape index (κ1) is 22.3. The molecule has 2 aromatic carbocycles. The van der Waals surface area contributed by atoms with E-state index in [0.29, 0.717) is 5.39 Å². The zero-order chi connectivity index (χ0) is 23.1. The van der Waals surface area contributed by atoms with Gasteiger partial charge in [0.1, 0.15) is 16.6 Å². The Morgan fingerprint density at radius 3 is 2.53 bits per heavy atom. The first-order valence-electron chi connectivity index (χ1n) is 8.86. The number of alkyl halides is 3. The number of halogens is 4. The monoisotopic (exact) mass is 499 g/mol. The third-order valence-corrected chi connectivity index (χ3v) is 7.48. The molecule has 4 rings (SSSR count). The molecule has 0 fully saturated rings. The van der Waals surface area contributed by atoms with Gasteiger partial charge in [-0.1, -0.05) is 17.7 Å². The normalized spacial score (nSPS) is 12.2. The molecule has 4 aromatic rings. The van der Waals surface area contributed by atoms with Crippen molar-refractivity contribution >= 4 is 54.6 Å². The summed E-state index contributed by atoms with van der Waals surface area (Å²) in [5.41, 5.74) is -1.12. The fraction of sp³-hybridized carbons (Fsp3) is 0.100. The molecule has 0 N–H and O–H groups in total.